The Bertz CT molecular complexity index is 1280. The molecule has 178 valence electrons. The van der Waals surface area contributed by atoms with E-state index in [1.807, 2.05) is 48.5 Å². The second-order valence-corrected chi connectivity index (χ2v) is 7.79. The van der Waals surface area contributed by atoms with Crippen molar-refractivity contribution in [1.82, 2.24) is 0 Å². The number of benzene rings is 3. The number of carbonyl (C=O) groups excluding carboxylic acids is 1. The highest BCUT2D eigenvalue weighted by Gasteiger charge is 2.26. The van der Waals surface area contributed by atoms with E-state index in [0.717, 1.165) is 23.4 Å². The molecule has 1 heterocycles. The van der Waals surface area contributed by atoms with E-state index in [-0.39, 0.29) is 11.5 Å². The van der Waals surface area contributed by atoms with Gasteiger partial charge in [0, 0.05) is 18.3 Å². The van der Waals surface area contributed by atoms with Gasteiger partial charge in [-0.1, -0.05) is 30.3 Å². The zero-order chi connectivity index (χ0) is 24.6. The number of nitriles is 1. The van der Waals surface area contributed by atoms with Crippen molar-refractivity contribution in [2.75, 3.05) is 38.9 Å². The van der Waals surface area contributed by atoms with Gasteiger partial charge in [0.05, 0.1) is 14.2 Å². The van der Waals surface area contributed by atoms with Gasteiger partial charge in [-0.05, 0) is 54.0 Å². The van der Waals surface area contributed by atoms with E-state index in [2.05, 4.69) is 0 Å². The summed E-state index contributed by atoms with van der Waals surface area (Å²) in [5, 5.41) is 9.67. The van der Waals surface area contributed by atoms with Gasteiger partial charge in [-0.2, -0.15) is 5.26 Å². The second kappa shape index (κ2) is 11.1. The highest BCUT2D eigenvalue weighted by atomic mass is 16.5. The normalized spacial score (nSPS) is 12.5. The number of methoxy groups -OCH3 is 2. The molecule has 0 fully saturated rings. The molecule has 0 bridgehead atoms. The molecule has 1 aliphatic rings. The van der Waals surface area contributed by atoms with Crippen LogP contribution in [0.25, 0.3) is 6.08 Å². The summed E-state index contributed by atoms with van der Waals surface area (Å²) in [5.41, 5.74) is 2.69. The van der Waals surface area contributed by atoms with Crippen LogP contribution in [0.2, 0.25) is 0 Å². The van der Waals surface area contributed by atoms with Crippen molar-refractivity contribution in [3.8, 4) is 29.1 Å². The summed E-state index contributed by atoms with van der Waals surface area (Å²) in [5.74, 6) is 2.13. The maximum absolute atomic E-state index is 13.1. The molecule has 3 aromatic carbocycles. The van der Waals surface area contributed by atoms with Gasteiger partial charge in [0.15, 0.2) is 11.5 Å². The Morgan fingerprint density at radius 2 is 1.74 bits per heavy atom. The first kappa shape index (κ1) is 23.7. The zero-order valence-electron chi connectivity index (χ0n) is 19.7. The van der Waals surface area contributed by atoms with E-state index < -0.39 is 0 Å². The number of carbonyl (C=O) groups is 1. The highest BCUT2D eigenvalue weighted by molar-refractivity contribution is 6.12. The molecule has 0 spiro atoms. The molecule has 1 aliphatic heterocycles. The predicted octanol–water partition coefficient (Wildman–Crippen LogP) is 4.66. The van der Waals surface area contributed by atoms with Crippen molar-refractivity contribution in [1.29, 1.82) is 5.26 Å². The average Bonchev–Trinajstić information content (AvgIpc) is 3.34. The van der Waals surface area contributed by atoms with E-state index in [9.17, 15) is 10.1 Å². The molecule has 0 N–H and O–H groups in total. The number of rotatable bonds is 9. The van der Waals surface area contributed by atoms with Crippen LogP contribution in [0.3, 0.4) is 0 Å². The third kappa shape index (κ3) is 5.56. The Balaban J connectivity index is 1.41. The highest BCUT2D eigenvalue weighted by Crippen LogP contribution is 2.31. The van der Waals surface area contributed by atoms with Gasteiger partial charge in [0.25, 0.3) is 5.91 Å². The third-order valence-electron chi connectivity index (χ3n) is 5.63. The summed E-state index contributed by atoms with van der Waals surface area (Å²) < 4.78 is 22.2. The van der Waals surface area contributed by atoms with Gasteiger partial charge < -0.3 is 23.8 Å². The van der Waals surface area contributed by atoms with Crippen LogP contribution in [0.4, 0.5) is 5.69 Å². The molecular weight excluding hydrogens is 444 g/mol. The summed E-state index contributed by atoms with van der Waals surface area (Å²) in [4.78, 5) is 14.7. The lowest BCUT2D eigenvalue weighted by Crippen LogP contribution is -2.29. The average molecular weight is 471 g/mol. The Kier molecular flexibility index (Phi) is 7.53. The molecule has 3 aromatic rings. The molecule has 7 heteroatoms. The number of amides is 1. The fraction of sp³-hybridized carbons (Fsp3) is 0.214. The van der Waals surface area contributed by atoms with Crippen LogP contribution >= 0.6 is 0 Å². The maximum Gasteiger partial charge on any atom is 0.268 e. The van der Waals surface area contributed by atoms with Gasteiger partial charge >= 0.3 is 0 Å². The summed E-state index contributed by atoms with van der Waals surface area (Å²) >= 11 is 0. The van der Waals surface area contributed by atoms with Crippen molar-refractivity contribution in [2.24, 2.45) is 0 Å². The van der Waals surface area contributed by atoms with E-state index in [4.69, 9.17) is 18.9 Å². The SMILES string of the molecule is COc1cccc(OCCOc2ccc(/C=C(\C#N)C(=O)N3CCc4ccccc43)cc2OC)c1. The van der Waals surface area contributed by atoms with Crippen molar-refractivity contribution in [2.45, 2.75) is 6.42 Å². The summed E-state index contributed by atoms with van der Waals surface area (Å²) in [6.45, 7) is 1.20. The molecular formula is C28H26N2O5. The Hall–Kier alpha value is -4.44. The topological polar surface area (TPSA) is 81.0 Å². The van der Waals surface area contributed by atoms with Crippen molar-refractivity contribution in [3.63, 3.8) is 0 Å². The molecule has 1 amide bonds. The van der Waals surface area contributed by atoms with Crippen LogP contribution in [-0.2, 0) is 11.2 Å². The molecule has 0 aromatic heterocycles. The monoisotopic (exact) mass is 470 g/mol. The first-order valence-corrected chi connectivity index (χ1v) is 11.2. The van der Waals surface area contributed by atoms with Gasteiger partial charge in [0.1, 0.15) is 36.4 Å². The largest absolute Gasteiger partial charge is 0.497 e. The zero-order valence-corrected chi connectivity index (χ0v) is 19.7. The minimum Gasteiger partial charge on any atom is -0.497 e. The minimum atomic E-state index is -0.313. The van der Waals surface area contributed by atoms with Gasteiger partial charge in [0.2, 0.25) is 0 Å². The van der Waals surface area contributed by atoms with Crippen LogP contribution in [0.5, 0.6) is 23.0 Å². The number of fused-ring (bicyclic) bond motifs is 1. The molecule has 0 saturated carbocycles. The molecule has 35 heavy (non-hydrogen) atoms. The van der Waals surface area contributed by atoms with Crippen LogP contribution < -0.4 is 23.8 Å². The summed E-state index contributed by atoms with van der Waals surface area (Å²) in [6.07, 6.45) is 2.35. The smallest absolute Gasteiger partial charge is 0.268 e. The minimum absolute atomic E-state index is 0.0594. The van der Waals surface area contributed by atoms with Crippen LogP contribution in [0.1, 0.15) is 11.1 Å². The molecule has 0 aliphatic carbocycles. The van der Waals surface area contributed by atoms with Crippen LogP contribution in [-0.4, -0.2) is 39.9 Å². The number of nitrogens with zero attached hydrogens (tertiary/aromatic N) is 2. The number of hydrogen-bond acceptors (Lipinski definition) is 6. The fourth-order valence-electron chi connectivity index (χ4n) is 3.90. The number of anilines is 1. The molecule has 0 atom stereocenters. The van der Waals surface area contributed by atoms with E-state index in [0.29, 0.717) is 42.6 Å². The van der Waals surface area contributed by atoms with Crippen molar-refractivity contribution < 1.29 is 23.7 Å². The molecule has 0 unspecified atom stereocenters. The van der Waals surface area contributed by atoms with Gasteiger partial charge in [-0.3, -0.25) is 4.79 Å². The van der Waals surface area contributed by atoms with Crippen LogP contribution in [0, 0.1) is 11.3 Å². The number of para-hydroxylation sites is 1. The van der Waals surface area contributed by atoms with E-state index in [1.54, 1.807) is 49.5 Å². The summed E-state index contributed by atoms with van der Waals surface area (Å²) in [7, 11) is 3.15. The fourth-order valence-corrected chi connectivity index (χ4v) is 3.90. The third-order valence-corrected chi connectivity index (χ3v) is 5.63. The summed E-state index contributed by atoms with van der Waals surface area (Å²) in [6, 6.07) is 22.4. The van der Waals surface area contributed by atoms with E-state index >= 15 is 0 Å². The van der Waals surface area contributed by atoms with Crippen molar-refractivity contribution in [3.05, 3.63) is 83.4 Å². The first-order chi connectivity index (χ1) is 17.1. The van der Waals surface area contributed by atoms with Gasteiger partial charge in [-0.15, -0.1) is 0 Å². The maximum atomic E-state index is 13.1. The molecule has 4 rings (SSSR count). The predicted molar refractivity (Wildman–Crippen MR) is 133 cm³/mol. The van der Waals surface area contributed by atoms with Gasteiger partial charge in [-0.25, -0.2) is 0 Å². The standard InChI is InChI=1S/C28H26N2O5/c1-32-23-7-5-8-24(18-23)34-14-15-35-26-11-10-20(17-27(26)33-2)16-22(19-29)28(31)30-13-12-21-6-3-4-9-25(21)30/h3-11,16-18H,12-15H2,1-2H3/b22-16+. The Morgan fingerprint density at radius 3 is 2.54 bits per heavy atom. The van der Waals surface area contributed by atoms with E-state index in [1.165, 1.54) is 0 Å². The second-order valence-electron chi connectivity index (χ2n) is 7.79. The lowest BCUT2D eigenvalue weighted by atomic mass is 10.1. The first-order valence-electron chi connectivity index (χ1n) is 11.2. The molecule has 0 saturated heterocycles. The lowest BCUT2D eigenvalue weighted by molar-refractivity contribution is -0.114. The van der Waals surface area contributed by atoms with Crippen LogP contribution in [0.15, 0.2) is 72.3 Å². The molecule has 7 nitrogen and oxygen atoms in total. The Morgan fingerprint density at radius 1 is 0.943 bits per heavy atom. The number of ether oxygens (including phenoxy) is 4. The molecule has 0 radical (unpaired) electrons. The Labute approximate surface area is 204 Å². The number of hydrogen-bond donors (Lipinski definition) is 0. The quantitative estimate of drug-likeness (QED) is 0.257. The van der Waals surface area contributed by atoms with Crippen molar-refractivity contribution >= 4 is 17.7 Å². The lowest BCUT2D eigenvalue weighted by Gasteiger charge is -2.16.